The van der Waals surface area contributed by atoms with E-state index >= 15 is 0 Å². The molecule has 25 heavy (non-hydrogen) atoms. The van der Waals surface area contributed by atoms with Crippen molar-refractivity contribution in [2.45, 2.75) is 4.90 Å². The van der Waals surface area contributed by atoms with E-state index in [2.05, 4.69) is 10.0 Å². The number of ether oxygens (including phenoxy) is 1. The van der Waals surface area contributed by atoms with Gasteiger partial charge in [-0.15, -0.1) is 0 Å². The van der Waals surface area contributed by atoms with E-state index in [-0.39, 0.29) is 10.6 Å². The molecule has 2 aromatic rings. The summed E-state index contributed by atoms with van der Waals surface area (Å²) in [6.07, 6.45) is 2.79. The van der Waals surface area contributed by atoms with Crippen molar-refractivity contribution in [2.75, 3.05) is 19.5 Å². The number of hydrogen-bond acceptors (Lipinski definition) is 4. The Morgan fingerprint density at radius 2 is 1.84 bits per heavy atom. The van der Waals surface area contributed by atoms with Crippen molar-refractivity contribution in [2.24, 2.45) is 0 Å². The fraction of sp³-hybridized carbons (Fsp3) is 0.118. The first-order valence-electron chi connectivity index (χ1n) is 7.22. The summed E-state index contributed by atoms with van der Waals surface area (Å²) in [5, 5.41) is 2.52. The predicted octanol–water partition coefficient (Wildman–Crippen LogP) is 2.39. The molecule has 0 saturated carbocycles. The number of halogens is 1. The number of benzene rings is 2. The maximum Gasteiger partial charge on any atom is 0.248 e. The number of carbonyl (C=O) groups excluding carboxylic acids is 1. The Hall–Kier alpha value is -2.71. The second-order valence-electron chi connectivity index (χ2n) is 4.95. The molecule has 2 aromatic carbocycles. The molecule has 0 spiro atoms. The van der Waals surface area contributed by atoms with Crippen LogP contribution in [0.2, 0.25) is 0 Å². The summed E-state index contributed by atoms with van der Waals surface area (Å²) in [4.78, 5) is 12.0. The molecule has 0 aliphatic heterocycles. The summed E-state index contributed by atoms with van der Waals surface area (Å²) in [5.74, 6) is -0.938. The second kappa shape index (κ2) is 7.91. The first-order valence-corrected chi connectivity index (χ1v) is 8.70. The van der Waals surface area contributed by atoms with Gasteiger partial charge < -0.3 is 10.1 Å². The molecule has 0 fully saturated rings. The normalized spacial score (nSPS) is 11.5. The first-order chi connectivity index (χ1) is 11.9. The summed E-state index contributed by atoms with van der Waals surface area (Å²) in [6.45, 7) is 0. The lowest BCUT2D eigenvalue weighted by Gasteiger charge is -2.05. The highest BCUT2D eigenvalue weighted by molar-refractivity contribution is 7.89. The molecule has 2 N–H and O–H groups in total. The molecule has 0 bridgehead atoms. The number of sulfonamides is 1. The zero-order chi connectivity index (χ0) is 18.4. The number of carbonyl (C=O) groups is 1. The van der Waals surface area contributed by atoms with E-state index in [1.165, 1.54) is 50.6 Å². The Kier molecular flexibility index (Phi) is 5.89. The van der Waals surface area contributed by atoms with Gasteiger partial charge in [0.2, 0.25) is 15.9 Å². The Morgan fingerprint density at radius 1 is 1.16 bits per heavy atom. The third kappa shape index (κ3) is 4.88. The van der Waals surface area contributed by atoms with E-state index in [9.17, 15) is 17.6 Å². The van der Waals surface area contributed by atoms with Gasteiger partial charge in [-0.25, -0.2) is 17.5 Å². The summed E-state index contributed by atoms with van der Waals surface area (Å²) in [6, 6.07) is 10.1. The van der Waals surface area contributed by atoms with Crippen molar-refractivity contribution in [3.05, 3.63) is 59.9 Å². The van der Waals surface area contributed by atoms with Gasteiger partial charge in [0.1, 0.15) is 0 Å². The van der Waals surface area contributed by atoms with Crippen LogP contribution in [0, 0.1) is 5.82 Å². The standard InChI is InChI=1S/C17H17FN2O4S/c1-19-25(22,23)14-7-3-12(4-8-14)5-10-17(21)20-13-6-9-16(24-2)15(18)11-13/h3-11,19H,1-2H3,(H,20,21)/b10-5+. The molecular formula is C17H17FN2O4S. The monoisotopic (exact) mass is 364 g/mol. The van der Waals surface area contributed by atoms with Crippen LogP contribution in [0.4, 0.5) is 10.1 Å². The van der Waals surface area contributed by atoms with Crippen molar-refractivity contribution in [3.63, 3.8) is 0 Å². The van der Waals surface area contributed by atoms with Crippen LogP contribution in [0.3, 0.4) is 0 Å². The minimum atomic E-state index is -3.50. The molecule has 0 aromatic heterocycles. The van der Waals surface area contributed by atoms with Gasteiger partial charge >= 0.3 is 0 Å². The maximum absolute atomic E-state index is 13.6. The number of amides is 1. The van der Waals surface area contributed by atoms with Crippen LogP contribution in [-0.4, -0.2) is 28.5 Å². The van der Waals surface area contributed by atoms with E-state index in [1.54, 1.807) is 12.1 Å². The van der Waals surface area contributed by atoms with Gasteiger partial charge in [-0.2, -0.15) is 0 Å². The quantitative estimate of drug-likeness (QED) is 0.771. The third-order valence-electron chi connectivity index (χ3n) is 3.31. The summed E-state index contributed by atoms with van der Waals surface area (Å²) in [5.41, 5.74) is 0.939. The van der Waals surface area contributed by atoms with Crippen LogP contribution < -0.4 is 14.8 Å². The molecular weight excluding hydrogens is 347 g/mol. The molecule has 6 nitrogen and oxygen atoms in total. The average molecular weight is 364 g/mol. The van der Waals surface area contributed by atoms with Gasteiger partial charge in [0.05, 0.1) is 12.0 Å². The zero-order valence-electron chi connectivity index (χ0n) is 13.6. The lowest BCUT2D eigenvalue weighted by molar-refractivity contribution is -0.111. The van der Waals surface area contributed by atoms with Crippen LogP contribution in [0.25, 0.3) is 6.08 Å². The fourth-order valence-electron chi connectivity index (χ4n) is 1.98. The largest absolute Gasteiger partial charge is 0.494 e. The number of rotatable bonds is 6. The van der Waals surface area contributed by atoms with Gasteiger partial charge in [0.15, 0.2) is 11.6 Å². The highest BCUT2D eigenvalue weighted by Crippen LogP contribution is 2.20. The lowest BCUT2D eigenvalue weighted by Crippen LogP contribution is -2.18. The van der Waals surface area contributed by atoms with Gasteiger partial charge in [0, 0.05) is 17.8 Å². The minimum Gasteiger partial charge on any atom is -0.494 e. The zero-order valence-corrected chi connectivity index (χ0v) is 14.4. The van der Waals surface area contributed by atoms with Crippen LogP contribution in [-0.2, 0) is 14.8 Å². The lowest BCUT2D eigenvalue weighted by atomic mass is 10.2. The Bertz CT molecular complexity index is 893. The number of methoxy groups -OCH3 is 1. The predicted molar refractivity (Wildman–Crippen MR) is 93.3 cm³/mol. The third-order valence-corrected chi connectivity index (χ3v) is 4.74. The highest BCUT2D eigenvalue weighted by atomic mass is 32.2. The number of anilines is 1. The Labute approximate surface area is 145 Å². The summed E-state index contributed by atoms with van der Waals surface area (Å²) < 4.78 is 43.8. The topological polar surface area (TPSA) is 84.5 Å². The van der Waals surface area contributed by atoms with Gasteiger partial charge in [-0.1, -0.05) is 12.1 Å². The van der Waals surface area contributed by atoms with E-state index in [0.29, 0.717) is 11.3 Å². The molecule has 0 saturated heterocycles. The van der Waals surface area contributed by atoms with E-state index in [4.69, 9.17) is 4.74 Å². The van der Waals surface area contributed by atoms with Crippen molar-refractivity contribution in [1.29, 1.82) is 0 Å². The summed E-state index contributed by atoms with van der Waals surface area (Å²) >= 11 is 0. The number of nitrogens with one attached hydrogen (secondary N) is 2. The smallest absolute Gasteiger partial charge is 0.248 e. The highest BCUT2D eigenvalue weighted by Gasteiger charge is 2.10. The Balaban J connectivity index is 2.04. The van der Waals surface area contributed by atoms with Gasteiger partial charge in [0.25, 0.3) is 0 Å². The van der Waals surface area contributed by atoms with Crippen molar-refractivity contribution < 1.29 is 22.3 Å². The number of hydrogen-bond donors (Lipinski definition) is 2. The van der Waals surface area contributed by atoms with Crippen molar-refractivity contribution >= 4 is 27.7 Å². The van der Waals surface area contributed by atoms with Gasteiger partial charge in [-0.3, -0.25) is 4.79 Å². The van der Waals surface area contributed by atoms with E-state index in [0.717, 1.165) is 6.07 Å². The minimum absolute atomic E-state index is 0.0881. The molecule has 8 heteroatoms. The van der Waals surface area contributed by atoms with Crippen LogP contribution in [0.15, 0.2) is 53.4 Å². The molecule has 132 valence electrons. The van der Waals surface area contributed by atoms with Crippen molar-refractivity contribution in [1.82, 2.24) is 4.72 Å². The van der Waals surface area contributed by atoms with Gasteiger partial charge in [-0.05, 0) is 43.0 Å². The van der Waals surface area contributed by atoms with Crippen molar-refractivity contribution in [3.8, 4) is 5.75 Å². The van der Waals surface area contributed by atoms with Crippen LogP contribution in [0.5, 0.6) is 5.75 Å². The maximum atomic E-state index is 13.6. The van der Waals surface area contributed by atoms with Crippen LogP contribution in [0.1, 0.15) is 5.56 Å². The SMILES string of the molecule is CNS(=O)(=O)c1ccc(/C=C/C(=O)Nc2ccc(OC)c(F)c2)cc1. The Morgan fingerprint density at radius 3 is 2.40 bits per heavy atom. The molecule has 0 heterocycles. The molecule has 0 radical (unpaired) electrons. The fourth-order valence-corrected chi connectivity index (χ4v) is 2.71. The molecule has 2 rings (SSSR count). The van der Waals surface area contributed by atoms with E-state index < -0.39 is 21.7 Å². The van der Waals surface area contributed by atoms with E-state index in [1.807, 2.05) is 0 Å². The average Bonchev–Trinajstić information content (AvgIpc) is 2.60. The molecule has 0 aliphatic rings. The molecule has 0 atom stereocenters. The molecule has 0 aliphatic carbocycles. The summed E-state index contributed by atoms with van der Waals surface area (Å²) in [7, 11) is -0.813. The molecule has 0 unspecified atom stereocenters. The first kappa shape index (κ1) is 18.6. The second-order valence-corrected chi connectivity index (χ2v) is 6.84. The van der Waals surface area contributed by atoms with Crippen LogP contribution >= 0.6 is 0 Å². The molecule has 1 amide bonds.